The van der Waals surface area contributed by atoms with Gasteiger partial charge in [-0.3, -0.25) is 13.9 Å². The number of nitrogens with zero attached hydrogens (tertiary/aromatic N) is 2. The van der Waals surface area contributed by atoms with Crippen LogP contribution >= 0.6 is 0 Å². The van der Waals surface area contributed by atoms with E-state index < -0.39 is 28.5 Å². The minimum atomic E-state index is -4.10. The maximum Gasteiger partial charge on any atom is 0.264 e. The van der Waals surface area contributed by atoms with Gasteiger partial charge in [0.25, 0.3) is 10.0 Å². The maximum atomic E-state index is 14.4. The van der Waals surface area contributed by atoms with Crippen LogP contribution < -0.4 is 9.62 Å². The van der Waals surface area contributed by atoms with Crippen molar-refractivity contribution in [2.45, 2.75) is 44.7 Å². The first kappa shape index (κ1) is 31.5. The summed E-state index contributed by atoms with van der Waals surface area (Å²) in [6.45, 7) is 6.11. The van der Waals surface area contributed by atoms with Gasteiger partial charge in [0, 0.05) is 19.5 Å². The molecule has 0 spiro atoms. The molecule has 0 saturated heterocycles. The zero-order chi connectivity index (χ0) is 30.8. The van der Waals surface area contributed by atoms with E-state index in [4.69, 9.17) is 0 Å². The van der Waals surface area contributed by atoms with Crippen LogP contribution in [0.25, 0.3) is 0 Å². The normalized spacial score (nSPS) is 12.0. The second-order valence-electron chi connectivity index (χ2n) is 11.0. The molecule has 0 aliphatic rings. The number of benzene rings is 4. The average molecular weight is 598 g/mol. The molecule has 1 N–H and O–H groups in total. The summed E-state index contributed by atoms with van der Waals surface area (Å²) in [4.78, 5) is 29.8. The molecule has 0 fully saturated rings. The molecule has 0 aliphatic carbocycles. The molecule has 1 atom stereocenters. The fourth-order valence-corrected chi connectivity index (χ4v) is 6.14. The molecule has 0 heterocycles. The van der Waals surface area contributed by atoms with E-state index in [1.165, 1.54) is 17.0 Å². The summed E-state index contributed by atoms with van der Waals surface area (Å²) < 4.78 is 29.0. The van der Waals surface area contributed by atoms with E-state index in [1.807, 2.05) is 75.4 Å². The van der Waals surface area contributed by atoms with E-state index in [0.717, 1.165) is 21.0 Å². The Labute approximate surface area is 255 Å². The SMILES string of the molecule is Cc1ccc(CN(C(=O)CN(c2ccccc2)S(=O)(=O)c2ccccc2)[C@@H](Cc2ccccc2)C(=O)NCC(C)C)cc1. The van der Waals surface area contributed by atoms with Crippen LogP contribution in [0.5, 0.6) is 0 Å². The number of amides is 2. The van der Waals surface area contributed by atoms with Crippen molar-refractivity contribution in [2.24, 2.45) is 5.92 Å². The smallest absolute Gasteiger partial charge is 0.264 e. The van der Waals surface area contributed by atoms with Gasteiger partial charge < -0.3 is 10.2 Å². The van der Waals surface area contributed by atoms with Crippen molar-refractivity contribution in [1.29, 1.82) is 0 Å². The lowest BCUT2D eigenvalue weighted by Crippen LogP contribution is -2.53. The van der Waals surface area contributed by atoms with Gasteiger partial charge in [0.1, 0.15) is 12.6 Å². The summed E-state index contributed by atoms with van der Waals surface area (Å²) in [6.07, 6.45) is 0.277. The molecule has 0 saturated carbocycles. The zero-order valence-corrected chi connectivity index (χ0v) is 25.7. The van der Waals surface area contributed by atoms with Gasteiger partial charge >= 0.3 is 0 Å². The van der Waals surface area contributed by atoms with Crippen LogP contribution in [-0.2, 0) is 32.6 Å². The Morgan fingerprint density at radius 2 is 1.30 bits per heavy atom. The lowest BCUT2D eigenvalue weighted by molar-refractivity contribution is -0.140. The highest BCUT2D eigenvalue weighted by Crippen LogP contribution is 2.25. The Balaban J connectivity index is 1.77. The van der Waals surface area contributed by atoms with E-state index in [1.54, 1.807) is 48.5 Å². The molecule has 7 nitrogen and oxygen atoms in total. The summed E-state index contributed by atoms with van der Waals surface area (Å²) >= 11 is 0. The van der Waals surface area contributed by atoms with Crippen molar-refractivity contribution < 1.29 is 18.0 Å². The Hall–Kier alpha value is -4.43. The third-order valence-electron chi connectivity index (χ3n) is 7.08. The monoisotopic (exact) mass is 597 g/mol. The van der Waals surface area contributed by atoms with E-state index in [9.17, 15) is 18.0 Å². The molecule has 43 heavy (non-hydrogen) atoms. The predicted molar refractivity (Wildman–Crippen MR) is 171 cm³/mol. The summed E-state index contributed by atoms with van der Waals surface area (Å²) in [5, 5.41) is 3.01. The van der Waals surface area contributed by atoms with E-state index in [0.29, 0.717) is 12.2 Å². The Morgan fingerprint density at radius 3 is 1.88 bits per heavy atom. The van der Waals surface area contributed by atoms with Gasteiger partial charge in [-0.1, -0.05) is 110 Å². The average Bonchev–Trinajstić information content (AvgIpc) is 3.02. The molecule has 0 unspecified atom stereocenters. The highest BCUT2D eigenvalue weighted by atomic mass is 32.2. The van der Waals surface area contributed by atoms with Crippen LogP contribution in [0.4, 0.5) is 5.69 Å². The molecule has 0 aromatic heterocycles. The van der Waals surface area contributed by atoms with Gasteiger partial charge in [0.05, 0.1) is 10.6 Å². The van der Waals surface area contributed by atoms with Crippen molar-refractivity contribution >= 4 is 27.5 Å². The van der Waals surface area contributed by atoms with Crippen molar-refractivity contribution in [3.05, 3.63) is 132 Å². The number of para-hydroxylation sites is 1. The molecular weight excluding hydrogens is 558 g/mol. The van der Waals surface area contributed by atoms with Gasteiger partial charge in [-0.15, -0.1) is 0 Å². The highest BCUT2D eigenvalue weighted by Gasteiger charge is 2.34. The lowest BCUT2D eigenvalue weighted by atomic mass is 10.0. The van der Waals surface area contributed by atoms with Crippen LogP contribution in [0.15, 0.2) is 120 Å². The van der Waals surface area contributed by atoms with Crippen LogP contribution in [0.2, 0.25) is 0 Å². The zero-order valence-electron chi connectivity index (χ0n) is 24.9. The quantitative estimate of drug-likeness (QED) is 0.217. The highest BCUT2D eigenvalue weighted by molar-refractivity contribution is 7.92. The first-order chi connectivity index (χ1) is 20.6. The lowest BCUT2D eigenvalue weighted by Gasteiger charge is -2.34. The van der Waals surface area contributed by atoms with Gasteiger partial charge in [-0.25, -0.2) is 8.42 Å². The molecular formula is C35H39N3O4S. The molecule has 4 rings (SSSR count). The second kappa shape index (κ2) is 14.6. The standard InChI is InChI=1S/C35H39N3O4S/c1-27(2)24-36-35(40)33(23-29-13-7-4-8-14-29)37(25-30-21-19-28(3)20-22-30)34(39)26-38(31-15-9-5-10-16-31)43(41,42)32-17-11-6-12-18-32/h4-22,27,33H,23-26H2,1-3H3,(H,36,40)/t33-/m0/s1. The Bertz CT molecular complexity index is 1580. The fourth-order valence-electron chi connectivity index (χ4n) is 4.71. The third-order valence-corrected chi connectivity index (χ3v) is 8.87. The van der Waals surface area contributed by atoms with Crippen LogP contribution in [-0.4, -0.2) is 44.3 Å². The maximum absolute atomic E-state index is 14.4. The predicted octanol–water partition coefficient (Wildman–Crippen LogP) is 5.60. The molecule has 4 aromatic carbocycles. The number of hydrogen-bond acceptors (Lipinski definition) is 4. The Kier molecular flexibility index (Phi) is 10.7. The van der Waals surface area contributed by atoms with Crippen molar-refractivity contribution in [1.82, 2.24) is 10.2 Å². The Morgan fingerprint density at radius 1 is 0.744 bits per heavy atom. The number of nitrogens with one attached hydrogen (secondary N) is 1. The summed E-state index contributed by atoms with van der Waals surface area (Å²) in [5.41, 5.74) is 3.16. The van der Waals surface area contributed by atoms with E-state index in [2.05, 4.69) is 5.32 Å². The minimum absolute atomic E-state index is 0.0762. The number of rotatable bonds is 13. The van der Waals surface area contributed by atoms with Crippen molar-refractivity contribution in [2.75, 3.05) is 17.4 Å². The van der Waals surface area contributed by atoms with Crippen molar-refractivity contribution in [3.63, 3.8) is 0 Å². The summed E-state index contributed by atoms with van der Waals surface area (Å²) in [7, 11) is -4.10. The second-order valence-corrected chi connectivity index (χ2v) is 12.9. The number of carbonyl (C=O) groups excluding carboxylic acids is 2. The van der Waals surface area contributed by atoms with Crippen LogP contribution in [0.3, 0.4) is 0 Å². The molecule has 0 bridgehead atoms. The number of anilines is 1. The molecule has 0 radical (unpaired) electrons. The minimum Gasteiger partial charge on any atom is -0.354 e. The van der Waals surface area contributed by atoms with Crippen molar-refractivity contribution in [3.8, 4) is 0 Å². The third kappa shape index (κ3) is 8.55. The van der Waals surface area contributed by atoms with E-state index >= 15 is 0 Å². The molecule has 2 amide bonds. The van der Waals surface area contributed by atoms with Gasteiger partial charge in [-0.05, 0) is 48.2 Å². The first-order valence-corrected chi connectivity index (χ1v) is 15.9. The van der Waals surface area contributed by atoms with E-state index in [-0.39, 0.29) is 29.7 Å². The summed E-state index contributed by atoms with van der Waals surface area (Å²) in [5.74, 6) is -0.549. The fraction of sp³-hybridized carbons (Fsp3) is 0.257. The van der Waals surface area contributed by atoms with Gasteiger partial charge in [0.2, 0.25) is 11.8 Å². The number of aryl methyl sites for hydroxylation is 1. The molecule has 8 heteroatoms. The summed E-state index contributed by atoms with van der Waals surface area (Å²) in [6, 6.07) is 33.1. The largest absolute Gasteiger partial charge is 0.354 e. The molecule has 4 aromatic rings. The number of sulfonamides is 1. The molecule has 224 valence electrons. The molecule has 0 aliphatic heterocycles. The van der Waals surface area contributed by atoms with Crippen LogP contribution in [0.1, 0.15) is 30.5 Å². The number of hydrogen-bond donors (Lipinski definition) is 1. The number of carbonyl (C=O) groups is 2. The van der Waals surface area contributed by atoms with Gasteiger partial charge in [0.15, 0.2) is 0 Å². The topological polar surface area (TPSA) is 86.8 Å². The van der Waals surface area contributed by atoms with Gasteiger partial charge in [-0.2, -0.15) is 0 Å². The first-order valence-electron chi connectivity index (χ1n) is 14.4. The van der Waals surface area contributed by atoms with Crippen LogP contribution in [0, 0.1) is 12.8 Å².